The first kappa shape index (κ1) is 14.6. The maximum atomic E-state index is 6.44. The van der Waals surface area contributed by atoms with E-state index in [0.717, 1.165) is 48.4 Å². The highest BCUT2D eigenvalue weighted by Gasteiger charge is 2.20. The Kier molecular flexibility index (Phi) is 4.61. The van der Waals surface area contributed by atoms with Crippen molar-refractivity contribution in [2.75, 3.05) is 0 Å². The van der Waals surface area contributed by atoms with E-state index in [0.29, 0.717) is 0 Å². The van der Waals surface area contributed by atoms with Crippen molar-refractivity contribution in [3.8, 4) is 0 Å². The molecule has 1 heterocycles. The van der Waals surface area contributed by atoms with E-state index >= 15 is 0 Å². The number of nitrogens with zero attached hydrogens (tertiary/aromatic N) is 2. The lowest BCUT2D eigenvalue weighted by Crippen LogP contribution is -2.15. The van der Waals surface area contributed by atoms with Crippen LogP contribution in [0.2, 0.25) is 5.02 Å². The molecule has 0 atom stereocenters. The van der Waals surface area contributed by atoms with Gasteiger partial charge in [-0.3, -0.25) is 0 Å². The Labute approximate surface area is 131 Å². The first-order valence-corrected chi connectivity index (χ1v) is 8.14. The molecule has 0 amide bonds. The monoisotopic (exact) mass is 303 g/mol. The molecule has 112 valence electrons. The molecule has 1 aromatic carbocycles. The minimum atomic E-state index is 0.727. The van der Waals surface area contributed by atoms with E-state index in [4.69, 9.17) is 11.6 Å². The van der Waals surface area contributed by atoms with Crippen LogP contribution in [0.25, 0.3) is 0 Å². The van der Waals surface area contributed by atoms with Gasteiger partial charge in [0.2, 0.25) is 0 Å². The van der Waals surface area contributed by atoms with Gasteiger partial charge in [0, 0.05) is 43.0 Å². The molecule has 1 saturated carbocycles. The van der Waals surface area contributed by atoms with Crippen molar-refractivity contribution < 1.29 is 0 Å². The molecular formula is C17H22ClN3. The second kappa shape index (κ2) is 6.63. The van der Waals surface area contributed by atoms with Crippen molar-refractivity contribution in [3.05, 3.63) is 52.6 Å². The Morgan fingerprint density at radius 3 is 2.95 bits per heavy atom. The van der Waals surface area contributed by atoms with Crippen molar-refractivity contribution in [2.24, 2.45) is 0 Å². The Balaban J connectivity index is 1.68. The van der Waals surface area contributed by atoms with Crippen LogP contribution in [0.3, 0.4) is 0 Å². The summed E-state index contributed by atoms with van der Waals surface area (Å²) < 4.78 is 2.21. The van der Waals surface area contributed by atoms with Gasteiger partial charge in [-0.15, -0.1) is 0 Å². The fraction of sp³-hybridized carbons (Fsp3) is 0.471. The summed E-state index contributed by atoms with van der Waals surface area (Å²) >= 11 is 6.44. The van der Waals surface area contributed by atoms with Gasteiger partial charge in [-0.25, -0.2) is 4.98 Å². The summed E-state index contributed by atoms with van der Waals surface area (Å²) in [7, 11) is 0. The first-order valence-electron chi connectivity index (χ1n) is 7.77. The molecule has 0 spiro atoms. The third-order valence-corrected chi connectivity index (χ3v) is 4.26. The van der Waals surface area contributed by atoms with Gasteiger partial charge < -0.3 is 9.88 Å². The molecule has 3 nitrogen and oxygen atoms in total. The normalized spacial score (nSPS) is 14.6. The number of rotatable bonds is 7. The number of halogens is 1. The third kappa shape index (κ3) is 3.86. The second-order valence-electron chi connectivity index (χ2n) is 5.79. The van der Waals surface area contributed by atoms with E-state index in [1.165, 1.54) is 18.4 Å². The summed E-state index contributed by atoms with van der Waals surface area (Å²) in [6.45, 7) is 4.10. The summed E-state index contributed by atoms with van der Waals surface area (Å²) in [5.41, 5.74) is 2.41. The van der Waals surface area contributed by atoms with E-state index in [1.54, 1.807) is 0 Å². The van der Waals surface area contributed by atoms with E-state index in [-0.39, 0.29) is 0 Å². The van der Waals surface area contributed by atoms with Gasteiger partial charge in [-0.1, -0.05) is 30.7 Å². The van der Waals surface area contributed by atoms with Crippen molar-refractivity contribution in [3.63, 3.8) is 0 Å². The highest BCUT2D eigenvalue weighted by atomic mass is 35.5. The van der Waals surface area contributed by atoms with Crippen LogP contribution in [0.5, 0.6) is 0 Å². The summed E-state index contributed by atoms with van der Waals surface area (Å²) in [5.74, 6) is 1.09. The molecular weight excluding hydrogens is 282 g/mol. The van der Waals surface area contributed by atoms with Crippen molar-refractivity contribution >= 4 is 11.6 Å². The molecule has 3 rings (SSSR count). The zero-order chi connectivity index (χ0) is 14.7. The van der Waals surface area contributed by atoms with Crippen LogP contribution < -0.4 is 5.32 Å². The van der Waals surface area contributed by atoms with Crippen LogP contribution in [0, 0.1) is 0 Å². The van der Waals surface area contributed by atoms with Crippen molar-refractivity contribution in [2.45, 2.75) is 51.7 Å². The number of hydrogen-bond donors (Lipinski definition) is 1. The van der Waals surface area contributed by atoms with Gasteiger partial charge in [0.05, 0.1) is 0 Å². The van der Waals surface area contributed by atoms with E-state index < -0.39 is 0 Å². The number of aromatic nitrogens is 2. The number of benzene rings is 1. The fourth-order valence-electron chi connectivity index (χ4n) is 2.52. The Morgan fingerprint density at radius 2 is 2.24 bits per heavy atom. The molecule has 0 saturated heterocycles. The molecule has 0 unspecified atom stereocenters. The van der Waals surface area contributed by atoms with E-state index in [9.17, 15) is 0 Å². The molecule has 1 aliphatic carbocycles. The number of nitrogens with one attached hydrogen (secondary N) is 1. The zero-order valence-electron chi connectivity index (χ0n) is 12.5. The summed E-state index contributed by atoms with van der Waals surface area (Å²) in [4.78, 5) is 4.45. The van der Waals surface area contributed by atoms with Crippen molar-refractivity contribution in [1.29, 1.82) is 0 Å². The summed E-state index contributed by atoms with van der Waals surface area (Å²) in [6, 6.07) is 7.12. The fourth-order valence-corrected chi connectivity index (χ4v) is 2.79. The maximum Gasteiger partial charge on any atom is 0.113 e. The van der Waals surface area contributed by atoms with Gasteiger partial charge in [-0.2, -0.15) is 0 Å². The van der Waals surface area contributed by atoms with E-state index in [2.05, 4.69) is 40.0 Å². The molecule has 0 aliphatic heterocycles. The van der Waals surface area contributed by atoms with Gasteiger partial charge in [0.1, 0.15) is 5.82 Å². The van der Waals surface area contributed by atoms with E-state index in [1.807, 2.05) is 12.4 Å². The summed E-state index contributed by atoms with van der Waals surface area (Å²) in [5, 5.41) is 4.36. The molecule has 1 aliphatic rings. The molecule has 21 heavy (non-hydrogen) atoms. The van der Waals surface area contributed by atoms with Crippen LogP contribution in [0.4, 0.5) is 0 Å². The third-order valence-electron chi connectivity index (χ3n) is 3.90. The highest BCUT2D eigenvalue weighted by molar-refractivity contribution is 6.31. The largest absolute Gasteiger partial charge is 0.335 e. The van der Waals surface area contributed by atoms with Gasteiger partial charge in [0.15, 0.2) is 0 Å². The predicted molar refractivity (Wildman–Crippen MR) is 86.6 cm³/mol. The van der Waals surface area contributed by atoms with Crippen LogP contribution >= 0.6 is 11.6 Å². The predicted octanol–water partition coefficient (Wildman–Crippen LogP) is 3.79. The second-order valence-corrected chi connectivity index (χ2v) is 6.20. The van der Waals surface area contributed by atoms with Gasteiger partial charge >= 0.3 is 0 Å². The Hall–Kier alpha value is -1.32. The van der Waals surface area contributed by atoms with Crippen molar-refractivity contribution in [1.82, 2.24) is 14.9 Å². The lowest BCUT2D eigenvalue weighted by atomic mass is 10.1. The van der Waals surface area contributed by atoms with Gasteiger partial charge in [-0.05, 0) is 36.5 Å². The molecule has 1 aromatic heterocycles. The molecule has 1 N–H and O–H groups in total. The minimum Gasteiger partial charge on any atom is -0.335 e. The number of hydrogen-bond acceptors (Lipinski definition) is 2. The SMILES string of the molecule is CCCn1ccnc1Cc1ccc(CNC2CC2)cc1Cl. The van der Waals surface area contributed by atoms with Crippen LogP contribution in [0.15, 0.2) is 30.6 Å². The average molecular weight is 304 g/mol. The Morgan fingerprint density at radius 1 is 1.38 bits per heavy atom. The standard InChI is InChI=1S/C17H22ClN3/c1-2-8-21-9-7-19-17(21)11-14-4-3-13(10-16(14)18)12-20-15-5-6-15/h3-4,7,9-10,15,20H,2,5-6,8,11-12H2,1H3. The highest BCUT2D eigenvalue weighted by Crippen LogP contribution is 2.23. The molecule has 4 heteroatoms. The average Bonchev–Trinajstić information content (AvgIpc) is 3.21. The molecule has 0 bridgehead atoms. The molecule has 2 aromatic rings. The van der Waals surface area contributed by atoms with Crippen LogP contribution in [-0.2, 0) is 19.5 Å². The molecule has 1 fully saturated rings. The number of aryl methyl sites for hydroxylation is 1. The molecule has 0 radical (unpaired) electrons. The lowest BCUT2D eigenvalue weighted by molar-refractivity contribution is 0.646. The van der Waals surface area contributed by atoms with Gasteiger partial charge in [0.25, 0.3) is 0 Å². The summed E-state index contributed by atoms with van der Waals surface area (Å²) in [6.07, 6.45) is 8.44. The van der Waals surface area contributed by atoms with Crippen LogP contribution in [0.1, 0.15) is 43.1 Å². The first-order chi connectivity index (χ1) is 10.3. The number of imidazole rings is 1. The minimum absolute atomic E-state index is 0.727. The smallest absolute Gasteiger partial charge is 0.113 e. The zero-order valence-corrected chi connectivity index (χ0v) is 13.2. The topological polar surface area (TPSA) is 29.9 Å². The van der Waals surface area contributed by atoms with Crippen LogP contribution in [-0.4, -0.2) is 15.6 Å². The Bertz CT molecular complexity index is 602. The maximum absolute atomic E-state index is 6.44. The quantitative estimate of drug-likeness (QED) is 0.843. The lowest BCUT2D eigenvalue weighted by Gasteiger charge is -2.10.